The molecule has 0 aliphatic carbocycles. The van der Waals surface area contributed by atoms with Crippen molar-refractivity contribution in [2.24, 2.45) is 0 Å². The lowest BCUT2D eigenvalue weighted by atomic mass is 10.1. The molecule has 1 aliphatic heterocycles. The minimum Gasteiger partial charge on any atom is -0.399 e. The molecule has 5 heteroatoms. The summed E-state index contributed by atoms with van der Waals surface area (Å²) in [7, 11) is 1.86. The van der Waals surface area contributed by atoms with E-state index >= 15 is 0 Å². The molecule has 1 aliphatic rings. The van der Waals surface area contributed by atoms with E-state index in [1.165, 1.54) is 6.42 Å². The Bertz CT molecular complexity index is 448. The lowest BCUT2D eigenvalue weighted by Crippen LogP contribution is -2.37. The summed E-state index contributed by atoms with van der Waals surface area (Å²) in [5, 5.41) is 0. The molecular formula is C16H25ClN2O2. The Morgan fingerprint density at radius 3 is 2.81 bits per heavy atom. The van der Waals surface area contributed by atoms with E-state index in [0.29, 0.717) is 19.4 Å². The molecule has 0 aromatic heterocycles. The highest BCUT2D eigenvalue weighted by Gasteiger charge is 2.18. The summed E-state index contributed by atoms with van der Waals surface area (Å²) in [6, 6.07) is 7.72. The number of para-hydroxylation sites is 1. The molecule has 118 valence electrons. The van der Waals surface area contributed by atoms with Gasteiger partial charge in [-0.1, -0.05) is 18.2 Å². The molecule has 1 saturated heterocycles. The number of nitrogens with two attached hydrogens (primary N) is 1. The number of halogens is 1. The molecule has 21 heavy (non-hydrogen) atoms. The lowest BCUT2D eigenvalue weighted by molar-refractivity contribution is -0.132. The molecule has 1 unspecified atom stereocenters. The Kier molecular flexibility index (Phi) is 7.54. The molecule has 0 saturated carbocycles. The summed E-state index contributed by atoms with van der Waals surface area (Å²) < 4.78 is 5.67. The van der Waals surface area contributed by atoms with Crippen molar-refractivity contribution in [1.82, 2.24) is 4.90 Å². The van der Waals surface area contributed by atoms with Gasteiger partial charge in [-0.05, 0) is 37.3 Å². The van der Waals surface area contributed by atoms with Gasteiger partial charge in [-0.3, -0.25) is 4.79 Å². The van der Waals surface area contributed by atoms with Gasteiger partial charge >= 0.3 is 0 Å². The predicted octanol–water partition coefficient (Wildman–Crippen LogP) is 2.65. The number of ether oxygens (including phenoxy) is 1. The van der Waals surface area contributed by atoms with E-state index in [4.69, 9.17) is 10.5 Å². The standard InChI is InChI=1S/C16H24N2O2.ClH/c1-18(12-14-7-4-5-11-20-14)16(19)10-9-13-6-2-3-8-15(13)17;/h2-3,6,8,14H,4-5,7,9-12,17H2,1H3;1H. The van der Waals surface area contributed by atoms with Crippen LogP contribution < -0.4 is 5.73 Å². The van der Waals surface area contributed by atoms with E-state index in [2.05, 4.69) is 0 Å². The third kappa shape index (κ3) is 5.56. The van der Waals surface area contributed by atoms with Crippen molar-refractivity contribution in [3.63, 3.8) is 0 Å². The van der Waals surface area contributed by atoms with Crippen LogP contribution in [0.1, 0.15) is 31.2 Å². The van der Waals surface area contributed by atoms with E-state index in [1.807, 2.05) is 31.3 Å². The molecule has 2 rings (SSSR count). The van der Waals surface area contributed by atoms with Gasteiger partial charge in [-0.25, -0.2) is 0 Å². The van der Waals surface area contributed by atoms with Crippen LogP contribution in [0.3, 0.4) is 0 Å². The number of amides is 1. The van der Waals surface area contributed by atoms with E-state index in [0.717, 1.165) is 30.7 Å². The Morgan fingerprint density at radius 2 is 2.14 bits per heavy atom. The van der Waals surface area contributed by atoms with Gasteiger partial charge < -0.3 is 15.4 Å². The summed E-state index contributed by atoms with van der Waals surface area (Å²) >= 11 is 0. The van der Waals surface area contributed by atoms with Crippen LogP contribution in [0.25, 0.3) is 0 Å². The third-order valence-electron chi connectivity index (χ3n) is 3.84. The van der Waals surface area contributed by atoms with Gasteiger partial charge in [0.25, 0.3) is 0 Å². The average molecular weight is 313 g/mol. The van der Waals surface area contributed by atoms with Crippen LogP contribution in [0.5, 0.6) is 0 Å². The number of rotatable bonds is 5. The summed E-state index contributed by atoms with van der Waals surface area (Å²) in [6.07, 6.45) is 4.80. The number of hydrogen-bond donors (Lipinski definition) is 1. The lowest BCUT2D eigenvalue weighted by Gasteiger charge is -2.27. The number of anilines is 1. The molecule has 1 aromatic rings. The summed E-state index contributed by atoms with van der Waals surface area (Å²) in [6.45, 7) is 1.52. The van der Waals surface area contributed by atoms with Crippen LogP contribution in [0.2, 0.25) is 0 Å². The van der Waals surface area contributed by atoms with Crippen LogP contribution in [0, 0.1) is 0 Å². The van der Waals surface area contributed by atoms with Gasteiger partial charge in [-0.2, -0.15) is 0 Å². The van der Waals surface area contributed by atoms with Crippen molar-refractivity contribution in [2.75, 3.05) is 25.9 Å². The molecule has 4 nitrogen and oxygen atoms in total. The topological polar surface area (TPSA) is 55.6 Å². The highest BCUT2D eigenvalue weighted by molar-refractivity contribution is 5.85. The van der Waals surface area contributed by atoms with E-state index < -0.39 is 0 Å². The number of benzene rings is 1. The second-order valence-corrected chi connectivity index (χ2v) is 5.46. The molecule has 0 spiro atoms. The molecule has 1 atom stereocenters. The molecule has 1 aromatic carbocycles. The van der Waals surface area contributed by atoms with Crippen molar-refractivity contribution >= 4 is 24.0 Å². The molecule has 2 N–H and O–H groups in total. The number of aryl methyl sites for hydroxylation is 1. The number of nitrogen functional groups attached to an aromatic ring is 1. The Hall–Kier alpha value is -1.26. The second kappa shape index (κ2) is 8.90. The highest BCUT2D eigenvalue weighted by Crippen LogP contribution is 2.15. The van der Waals surface area contributed by atoms with E-state index in [9.17, 15) is 4.79 Å². The SMILES string of the molecule is CN(CC1CCCCO1)C(=O)CCc1ccccc1N.Cl. The summed E-state index contributed by atoms with van der Waals surface area (Å²) in [5.41, 5.74) is 7.69. The maximum atomic E-state index is 12.1. The van der Waals surface area contributed by atoms with Crippen LogP contribution in [-0.2, 0) is 16.0 Å². The Balaban J connectivity index is 0.00000220. The third-order valence-corrected chi connectivity index (χ3v) is 3.84. The number of carbonyl (C=O) groups excluding carboxylic acids is 1. The van der Waals surface area contributed by atoms with Crippen molar-refractivity contribution in [1.29, 1.82) is 0 Å². The van der Waals surface area contributed by atoms with Crippen molar-refractivity contribution in [3.05, 3.63) is 29.8 Å². The zero-order valence-corrected chi connectivity index (χ0v) is 13.4. The maximum absolute atomic E-state index is 12.1. The van der Waals surface area contributed by atoms with Gasteiger partial charge in [0, 0.05) is 32.3 Å². The first kappa shape index (κ1) is 17.8. The van der Waals surface area contributed by atoms with E-state index in [-0.39, 0.29) is 24.4 Å². The molecule has 0 bridgehead atoms. The first-order chi connectivity index (χ1) is 9.66. The van der Waals surface area contributed by atoms with Crippen LogP contribution in [0.15, 0.2) is 24.3 Å². The first-order valence-corrected chi connectivity index (χ1v) is 7.36. The fourth-order valence-corrected chi connectivity index (χ4v) is 2.55. The van der Waals surface area contributed by atoms with Gasteiger partial charge in [0.15, 0.2) is 0 Å². The quantitative estimate of drug-likeness (QED) is 0.850. The van der Waals surface area contributed by atoms with Crippen molar-refractivity contribution in [2.45, 2.75) is 38.2 Å². The second-order valence-electron chi connectivity index (χ2n) is 5.46. The Labute approximate surface area is 133 Å². The smallest absolute Gasteiger partial charge is 0.222 e. The van der Waals surface area contributed by atoms with Crippen LogP contribution in [-0.4, -0.2) is 37.1 Å². The molecule has 1 heterocycles. The number of likely N-dealkylation sites (N-methyl/N-ethyl adjacent to an activating group) is 1. The molecular weight excluding hydrogens is 288 g/mol. The van der Waals surface area contributed by atoms with Gasteiger partial charge in [0.05, 0.1) is 6.10 Å². The van der Waals surface area contributed by atoms with Crippen molar-refractivity contribution < 1.29 is 9.53 Å². The largest absolute Gasteiger partial charge is 0.399 e. The molecule has 0 radical (unpaired) electrons. The number of hydrogen-bond acceptors (Lipinski definition) is 3. The molecule has 1 fully saturated rings. The normalized spacial score (nSPS) is 17.9. The number of nitrogens with zero attached hydrogens (tertiary/aromatic N) is 1. The highest BCUT2D eigenvalue weighted by atomic mass is 35.5. The van der Waals surface area contributed by atoms with Crippen LogP contribution >= 0.6 is 12.4 Å². The fraction of sp³-hybridized carbons (Fsp3) is 0.562. The minimum absolute atomic E-state index is 0. The van der Waals surface area contributed by atoms with Crippen molar-refractivity contribution in [3.8, 4) is 0 Å². The summed E-state index contributed by atoms with van der Waals surface area (Å²) in [5.74, 6) is 0.155. The average Bonchev–Trinajstić information content (AvgIpc) is 2.47. The van der Waals surface area contributed by atoms with Gasteiger partial charge in [0.1, 0.15) is 0 Å². The first-order valence-electron chi connectivity index (χ1n) is 7.36. The van der Waals surface area contributed by atoms with Gasteiger partial charge in [0.2, 0.25) is 5.91 Å². The van der Waals surface area contributed by atoms with Crippen LogP contribution in [0.4, 0.5) is 5.69 Å². The number of carbonyl (C=O) groups is 1. The van der Waals surface area contributed by atoms with Gasteiger partial charge in [-0.15, -0.1) is 12.4 Å². The Morgan fingerprint density at radius 1 is 1.38 bits per heavy atom. The zero-order chi connectivity index (χ0) is 14.4. The maximum Gasteiger partial charge on any atom is 0.222 e. The molecule has 1 amide bonds. The van der Waals surface area contributed by atoms with E-state index in [1.54, 1.807) is 4.90 Å². The minimum atomic E-state index is 0. The fourth-order valence-electron chi connectivity index (χ4n) is 2.55. The zero-order valence-electron chi connectivity index (χ0n) is 12.6. The predicted molar refractivity (Wildman–Crippen MR) is 87.7 cm³/mol. The summed E-state index contributed by atoms with van der Waals surface area (Å²) in [4.78, 5) is 13.9. The monoisotopic (exact) mass is 312 g/mol.